The van der Waals surface area contributed by atoms with Crippen LogP contribution in [-0.2, 0) is 4.79 Å². The number of hydrogen-bond acceptors (Lipinski definition) is 3. The van der Waals surface area contributed by atoms with Crippen LogP contribution in [0.4, 0.5) is 0 Å². The van der Waals surface area contributed by atoms with Gasteiger partial charge in [0, 0.05) is 6.42 Å². The summed E-state index contributed by atoms with van der Waals surface area (Å²) in [5.41, 5.74) is -1.32. The molecule has 0 spiro atoms. The normalized spacial score (nSPS) is 23.6. The monoisotopic (exact) mass is 280 g/mol. The van der Waals surface area contributed by atoms with Gasteiger partial charge in [0.25, 0.3) is 0 Å². The van der Waals surface area contributed by atoms with Crippen LogP contribution in [0.2, 0.25) is 0 Å². The number of rotatable bonds is 8. The van der Waals surface area contributed by atoms with Crippen molar-refractivity contribution in [1.82, 2.24) is 0 Å². The quantitative estimate of drug-likeness (QED) is 0.671. The highest BCUT2D eigenvalue weighted by Gasteiger charge is 2.38. The van der Waals surface area contributed by atoms with Gasteiger partial charge in [0.1, 0.15) is 5.60 Å². The number of carbonyl (C=O) groups excluding carboxylic acids is 1. The molecule has 0 unspecified atom stereocenters. The lowest BCUT2D eigenvalue weighted by Gasteiger charge is -2.21. The molecular formula is C17H28O3. The summed E-state index contributed by atoms with van der Waals surface area (Å²) in [5.74, 6) is -0.191. The molecule has 0 amide bonds. The van der Waals surface area contributed by atoms with Gasteiger partial charge in [-0.25, -0.2) is 0 Å². The fourth-order valence-electron chi connectivity index (χ4n) is 2.43. The third-order valence-corrected chi connectivity index (χ3v) is 3.67. The molecule has 0 heterocycles. The van der Waals surface area contributed by atoms with Crippen LogP contribution in [0.3, 0.4) is 0 Å². The Kier molecular flexibility index (Phi) is 6.15. The van der Waals surface area contributed by atoms with Crippen molar-refractivity contribution < 1.29 is 15.0 Å². The fourth-order valence-corrected chi connectivity index (χ4v) is 2.43. The van der Waals surface area contributed by atoms with Gasteiger partial charge >= 0.3 is 0 Å². The van der Waals surface area contributed by atoms with Crippen molar-refractivity contribution in [2.24, 2.45) is 0 Å². The van der Waals surface area contributed by atoms with Gasteiger partial charge in [-0.3, -0.25) is 4.79 Å². The maximum atomic E-state index is 11.9. The van der Waals surface area contributed by atoms with Crippen molar-refractivity contribution in [3.05, 3.63) is 23.8 Å². The van der Waals surface area contributed by atoms with Gasteiger partial charge in [-0.15, -0.1) is 0 Å². The van der Waals surface area contributed by atoms with Crippen LogP contribution >= 0.6 is 0 Å². The summed E-state index contributed by atoms with van der Waals surface area (Å²) in [6.45, 7) is 5.53. The lowest BCUT2D eigenvalue weighted by Crippen LogP contribution is -2.33. The maximum Gasteiger partial charge on any atom is 0.187 e. The molecule has 0 radical (unpaired) electrons. The second kappa shape index (κ2) is 7.19. The zero-order valence-electron chi connectivity index (χ0n) is 13.0. The van der Waals surface area contributed by atoms with Gasteiger partial charge in [-0.05, 0) is 31.9 Å². The SMILES string of the molecule is CCCCCCC[C@]1(O)CC(C=CC(C)(C)O)=CC1=O. The molecule has 0 aromatic rings. The van der Waals surface area contributed by atoms with E-state index < -0.39 is 11.2 Å². The minimum atomic E-state index is -1.22. The number of carbonyl (C=O) groups is 1. The molecule has 1 aliphatic rings. The van der Waals surface area contributed by atoms with Crippen LogP contribution in [0.5, 0.6) is 0 Å². The van der Waals surface area contributed by atoms with Gasteiger partial charge in [-0.2, -0.15) is 0 Å². The first-order chi connectivity index (χ1) is 9.27. The topological polar surface area (TPSA) is 57.5 Å². The van der Waals surface area contributed by atoms with E-state index >= 15 is 0 Å². The average Bonchev–Trinajstić information content (AvgIpc) is 2.62. The summed E-state index contributed by atoms with van der Waals surface area (Å²) < 4.78 is 0. The van der Waals surface area contributed by atoms with Crippen LogP contribution in [-0.4, -0.2) is 27.2 Å². The second-order valence-corrected chi connectivity index (χ2v) is 6.44. The molecule has 114 valence electrons. The largest absolute Gasteiger partial charge is 0.386 e. The molecule has 0 aliphatic heterocycles. The lowest BCUT2D eigenvalue weighted by atomic mass is 9.91. The molecule has 1 rings (SSSR count). The molecule has 1 aliphatic carbocycles. The summed E-state index contributed by atoms with van der Waals surface area (Å²) in [6, 6.07) is 0. The Bertz CT molecular complexity index is 388. The summed E-state index contributed by atoms with van der Waals surface area (Å²) >= 11 is 0. The summed E-state index contributed by atoms with van der Waals surface area (Å²) in [4.78, 5) is 11.9. The van der Waals surface area contributed by atoms with Gasteiger partial charge in [0.2, 0.25) is 0 Å². The zero-order valence-corrected chi connectivity index (χ0v) is 13.0. The molecule has 20 heavy (non-hydrogen) atoms. The number of allylic oxidation sites excluding steroid dienone is 1. The lowest BCUT2D eigenvalue weighted by molar-refractivity contribution is -0.131. The highest BCUT2D eigenvalue weighted by atomic mass is 16.3. The smallest absolute Gasteiger partial charge is 0.187 e. The number of unbranched alkanes of at least 4 members (excludes halogenated alkanes) is 4. The molecule has 0 aromatic carbocycles. The minimum Gasteiger partial charge on any atom is -0.386 e. The van der Waals surface area contributed by atoms with Crippen LogP contribution < -0.4 is 0 Å². The predicted molar refractivity (Wildman–Crippen MR) is 81.5 cm³/mol. The number of aliphatic hydroxyl groups is 2. The third kappa shape index (κ3) is 5.59. The minimum absolute atomic E-state index is 0.191. The molecule has 3 nitrogen and oxygen atoms in total. The Morgan fingerprint density at radius 1 is 1.30 bits per heavy atom. The summed E-state index contributed by atoms with van der Waals surface area (Å²) in [5, 5.41) is 20.1. The Hall–Kier alpha value is -0.930. The van der Waals surface area contributed by atoms with Crippen molar-refractivity contribution in [3.8, 4) is 0 Å². The van der Waals surface area contributed by atoms with E-state index in [-0.39, 0.29) is 5.78 Å². The first-order valence-corrected chi connectivity index (χ1v) is 7.66. The Morgan fingerprint density at radius 2 is 1.95 bits per heavy atom. The molecule has 0 saturated heterocycles. The molecule has 0 saturated carbocycles. The van der Waals surface area contributed by atoms with Crippen LogP contribution in [0.15, 0.2) is 23.8 Å². The van der Waals surface area contributed by atoms with Crippen LogP contribution in [0, 0.1) is 0 Å². The maximum absolute atomic E-state index is 11.9. The molecule has 0 fully saturated rings. The van der Waals surface area contributed by atoms with E-state index in [1.54, 1.807) is 26.0 Å². The van der Waals surface area contributed by atoms with E-state index in [1.165, 1.54) is 25.3 Å². The summed E-state index contributed by atoms with van der Waals surface area (Å²) in [7, 11) is 0. The molecule has 0 aromatic heterocycles. The van der Waals surface area contributed by atoms with E-state index in [9.17, 15) is 15.0 Å². The molecule has 3 heteroatoms. The highest BCUT2D eigenvalue weighted by Crippen LogP contribution is 2.32. The third-order valence-electron chi connectivity index (χ3n) is 3.67. The molecule has 1 atom stereocenters. The molecular weight excluding hydrogens is 252 g/mol. The Balaban J connectivity index is 2.46. The zero-order chi connectivity index (χ0) is 15.2. The number of ketones is 1. The van der Waals surface area contributed by atoms with Crippen molar-refractivity contribution in [3.63, 3.8) is 0 Å². The van der Waals surface area contributed by atoms with E-state index in [2.05, 4.69) is 6.92 Å². The van der Waals surface area contributed by atoms with Crippen molar-refractivity contribution in [2.75, 3.05) is 0 Å². The van der Waals surface area contributed by atoms with Crippen LogP contribution in [0.25, 0.3) is 0 Å². The first-order valence-electron chi connectivity index (χ1n) is 7.66. The second-order valence-electron chi connectivity index (χ2n) is 6.44. The average molecular weight is 280 g/mol. The molecule has 0 bridgehead atoms. The van der Waals surface area contributed by atoms with Gasteiger partial charge in [-0.1, -0.05) is 51.2 Å². The number of hydrogen-bond donors (Lipinski definition) is 2. The van der Waals surface area contributed by atoms with Crippen molar-refractivity contribution in [2.45, 2.75) is 76.9 Å². The van der Waals surface area contributed by atoms with Gasteiger partial charge in [0.05, 0.1) is 5.60 Å². The Morgan fingerprint density at radius 3 is 2.55 bits per heavy atom. The highest BCUT2D eigenvalue weighted by molar-refractivity contribution is 6.00. The predicted octanol–water partition coefficient (Wildman–Crippen LogP) is 3.30. The standard InChI is InChI=1S/C17H28O3/c1-4-5-6-7-8-10-17(20)13-14(12-15(17)18)9-11-16(2,3)19/h9,11-12,19-20H,4-8,10,13H2,1-3H3/t17-/m0/s1. The van der Waals surface area contributed by atoms with Crippen molar-refractivity contribution >= 4 is 5.78 Å². The van der Waals surface area contributed by atoms with Gasteiger partial charge < -0.3 is 10.2 Å². The van der Waals surface area contributed by atoms with Gasteiger partial charge in [0.15, 0.2) is 5.78 Å². The fraction of sp³-hybridized carbons (Fsp3) is 0.706. The van der Waals surface area contributed by atoms with E-state index in [0.29, 0.717) is 12.8 Å². The molecule has 2 N–H and O–H groups in total. The van der Waals surface area contributed by atoms with Crippen molar-refractivity contribution in [1.29, 1.82) is 0 Å². The van der Waals surface area contributed by atoms with E-state index in [0.717, 1.165) is 18.4 Å². The Labute approximate surface area is 122 Å². The summed E-state index contributed by atoms with van der Waals surface area (Å²) in [6.07, 6.45) is 11.3. The van der Waals surface area contributed by atoms with E-state index in [1.807, 2.05) is 0 Å². The van der Waals surface area contributed by atoms with Crippen LogP contribution in [0.1, 0.15) is 65.7 Å². The first kappa shape index (κ1) is 17.1. The van der Waals surface area contributed by atoms with E-state index in [4.69, 9.17) is 0 Å².